The summed E-state index contributed by atoms with van der Waals surface area (Å²) in [6.07, 6.45) is 8.86. The normalized spacial score (nSPS) is 28.0. The third kappa shape index (κ3) is 3.70. The number of nitrogens with two attached hydrogens (primary N) is 1. The number of benzene rings is 1. The minimum Gasteiger partial charge on any atom is -0.327 e. The molecule has 3 N–H and O–H groups in total. The predicted molar refractivity (Wildman–Crippen MR) is 98.8 cm³/mol. The van der Waals surface area contributed by atoms with E-state index in [1.807, 2.05) is 24.3 Å². The number of fused-ring (bicyclic) bond motifs is 2. The maximum absolute atomic E-state index is 12.7. The highest BCUT2D eigenvalue weighted by atomic mass is 35.5. The van der Waals surface area contributed by atoms with E-state index in [2.05, 4.69) is 15.6 Å². The Labute approximate surface area is 153 Å². The maximum Gasteiger partial charge on any atom is 0.227 e. The Morgan fingerprint density at radius 2 is 2.00 bits per heavy atom. The molecule has 2 atom stereocenters. The molecule has 4 rings (SSSR count). The number of carbonyl (C=O) groups is 1. The zero-order valence-corrected chi connectivity index (χ0v) is 14.9. The van der Waals surface area contributed by atoms with Gasteiger partial charge in [-0.1, -0.05) is 17.7 Å². The first-order valence-electron chi connectivity index (χ1n) is 8.74. The van der Waals surface area contributed by atoms with Gasteiger partial charge in [0.1, 0.15) is 0 Å². The van der Waals surface area contributed by atoms with Crippen LogP contribution in [0.1, 0.15) is 32.1 Å². The Hall–Kier alpha value is -1.92. The van der Waals surface area contributed by atoms with Crippen molar-refractivity contribution >= 4 is 24.0 Å². The molecule has 134 valence electrons. The van der Waals surface area contributed by atoms with Gasteiger partial charge in [0, 0.05) is 17.6 Å². The van der Waals surface area contributed by atoms with E-state index in [0.717, 1.165) is 24.2 Å². The molecule has 2 aliphatic carbocycles. The molecule has 2 aliphatic rings. The molecule has 2 aromatic rings. The lowest BCUT2D eigenvalue weighted by atomic mass is 9.65. The van der Waals surface area contributed by atoms with Gasteiger partial charge in [0.2, 0.25) is 5.91 Å². The Bertz CT molecular complexity index is 706. The lowest BCUT2D eigenvalue weighted by Gasteiger charge is -2.43. The highest BCUT2D eigenvalue weighted by Gasteiger charge is 2.40. The maximum atomic E-state index is 12.7. The quantitative estimate of drug-likeness (QED) is 0.880. The number of amides is 1. The van der Waals surface area contributed by atoms with Gasteiger partial charge < -0.3 is 11.1 Å². The summed E-state index contributed by atoms with van der Waals surface area (Å²) in [5.74, 6) is 1.22. The second-order valence-corrected chi connectivity index (χ2v) is 7.08. The smallest absolute Gasteiger partial charge is 0.227 e. The van der Waals surface area contributed by atoms with E-state index >= 15 is 0 Å². The zero-order valence-electron chi connectivity index (χ0n) is 14.0. The molecule has 0 saturated heterocycles. The van der Waals surface area contributed by atoms with Crippen molar-refractivity contribution in [1.29, 1.82) is 0 Å². The van der Waals surface area contributed by atoms with Crippen molar-refractivity contribution in [3.63, 3.8) is 0 Å². The molecule has 1 aromatic carbocycles. The summed E-state index contributed by atoms with van der Waals surface area (Å²) in [7, 11) is 0. The first-order chi connectivity index (χ1) is 11.7. The van der Waals surface area contributed by atoms with Gasteiger partial charge in [-0.25, -0.2) is 4.68 Å². The third-order valence-electron chi connectivity index (χ3n) is 5.58. The molecule has 2 fully saturated rings. The molecular formula is C18H24ClN5O. The van der Waals surface area contributed by atoms with Crippen molar-refractivity contribution in [3.8, 4) is 5.69 Å². The fourth-order valence-electron chi connectivity index (χ4n) is 4.32. The summed E-state index contributed by atoms with van der Waals surface area (Å²) >= 11 is 0. The molecule has 1 heterocycles. The van der Waals surface area contributed by atoms with Gasteiger partial charge in [0.25, 0.3) is 0 Å². The Morgan fingerprint density at radius 3 is 2.68 bits per heavy atom. The highest BCUT2D eigenvalue weighted by molar-refractivity contribution is 5.92. The number of hydrogen-bond acceptors (Lipinski definition) is 4. The number of rotatable bonds is 3. The van der Waals surface area contributed by atoms with Crippen LogP contribution in [-0.2, 0) is 4.79 Å². The number of carbonyl (C=O) groups excluding carboxylic acids is 1. The molecular weight excluding hydrogens is 338 g/mol. The summed E-state index contributed by atoms with van der Waals surface area (Å²) in [4.78, 5) is 12.7. The van der Waals surface area contributed by atoms with Crippen LogP contribution in [0.5, 0.6) is 0 Å². The molecule has 2 unspecified atom stereocenters. The Balaban J connectivity index is 0.00000182. The van der Waals surface area contributed by atoms with Crippen LogP contribution in [0.15, 0.2) is 36.7 Å². The number of anilines is 1. The van der Waals surface area contributed by atoms with Gasteiger partial charge in [-0.2, -0.15) is 0 Å². The monoisotopic (exact) mass is 361 g/mol. The lowest BCUT2D eigenvalue weighted by molar-refractivity contribution is -0.122. The Kier molecular flexibility index (Phi) is 5.39. The first-order valence-corrected chi connectivity index (χ1v) is 8.74. The van der Waals surface area contributed by atoms with Gasteiger partial charge in [-0.15, -0.1) is 17.5 Å². The van der Waals surface area contributed by atoms with Gasteiger partial charge in [-0.05, 0) is 55.7 Å². The fourth-order valence-corrected chi connectivity index (χ4v) is 4.32. The number of halogens is 1. The highest BCUT2D eigenvalue weighted by Crippen LogP contribution is 2.42. The van der Waals surface area contributed by atoms with Crippen LogP contribution in [0, 0.1) is 17.8 Å². The van der Waals surface area contributed by atoms with Crippen molar-refractivity contribution in [3.05, 3.63) is 36.7 Å². The van der Waals surface area contributed by atoms with E-state index < -0.39 is 0 Å². The third-order valence-corrected chi connectivity index (χ3v) is 5.58. The van der Waals surface area contributed by atoms with Crippen LogP contribution in [0.4, 0.5) is 5.69 Å². The molecule has 6 nitrogen and oxygen atoms in total. The van der Waals surface area contributed by atoms with Crippen molar-refractivity contribution < 1.29 is 4.79 Å². The summed E-state index contributed by atoms with van der Waals surface area (Å²) in [6.45, 7) is 0. The van der Waals surface area contributed by atoms with Crippen LogP contribution >= 0.6 is 12.4 Å². The van der Waals surface area contributed by atoms with Crippen molar-refractivity contribution in [2.45, 2.75) is 38.1 Å². The molecule has 0 radical (unpaired) electrons. The molecule has 1 amide bonds. The molecule has 0 spiro atoms. The van der Waals surface area contributed by atoms with Gasteiger partial charge >= 0.3 is 0 Å². The number of nitrogens with one attached hydrogen (secondary N) is 1. The SMILES string of the molecule is Cl.NC1C2CCCC1CC(C(=O)Nc1cccc(-n3ccnn3)c1)C2. The number of hydrogen-bond donors (Lipinski definition) is 2. The molecule has 2 saturated carbocycles. The number of aromatic nitrogens is 3. The summed E-state index contributed by atoms with van der Waals surface area (Å²) in [6, 6.07) is 7.97. The average Bonchev–Trinajstić information content (AvgIpc) is 3.09. The van der Waals surface area contributed by atoms with Crippen LogP contribution in [-0.4, -0.2) is 26.9 Å². The second kappa shape index (κ2) is 7.54. The van der Waals surface area contributed by atoms with Crippen LogP contribution in [0.2, 0.25) is 0 Å². The van der Waals surface area contributed by atoms with E-state index in [1.165, 1.54) is 19.3 Å². The van der Waals surface area contributed by atoms with Crippen molar-refractivity contribution in [1.82, 2.24) is 15.0 Å². The topological polar surface area (TPSA) is 85.8 Å². The summed E-state index contributed by atoms with van der Waals surface area (Å²) in [5, 5.41) is 10.9. The molecule has 25 heavy (non-hydrogen) atoms. The summed E-state index contributed by atoms with van der Waals surface area (Å²) < 4.78 is 1.68. The van der Waals surface area contributed by atoms with Crippen LogP contribution in [0.3, 0.4) is 0 Å². The first kappa shape index (κ1) is 17.9. The van der Waals surface area contributed by atoms with E-state index in [4.69, 9.17) is 5.73 Å². The fraction of sp³-hybridized carbons (Fsp3) is 0.500. The molecule has 7 heteroatoms. The largest absolute Gasteiger partial charge is 0.327 e. The molecule has 1 aromatic heterocycles. The average molecular weight is 362 g/mol. The van der Waals surface area contributed by atoms with Gasteiger partial charge in [0.15, 0.2) is 0 Å². The number of nitrogens with zero attached hydrogens (tertiary/aromatic N) is 3. The van der Waals surface area contributed by atoms with Gasteiger partial charge in [0.05, 0.1) is 18.1 Å². The Morgan fingerprint density at radius 1 is 1.24 bits per heavy atom. The van der Waals surface area contributed by atoms with E-state index in [9.17, 15) is 4.79 Å². The zero-order chi connectivity index (χ0) is 16.5. The van der Waals surface area contributed by atoms with E-state index in [1.54, 1.807) is 17.1 Å². The minimum absolute atomic E-state index is 0. The van der Waals surface area contributed by atoms with Crippen LogP contribution in [0.25, 0.3) is 5.69 Å². The van der Waals surface area contributed by atoms with Crippen molar-refractivity contribution in [2.75, 3.05) is 5.32 Å². The van der Waals surface area contributed by atoms with Crippen molar-refractivity contribution in [2.24, 2.45) is 23.5 Å². The van der Waals surface area contributed by atoms with Gasteiger partial charge in [-0.3, -0.25) is 4.79 Å². The summed E-state index contributed by atoms with van der Waals surface area (Å²) in [5.41, 5.74) is 8.01. The van der Waals surface area contributed by atoms with E-state index in [-0.39, 0.29) is 24.2 Å². The standard InChI is InChI=1S/C18H23N5O.ClH/c19-17-12-3-1-4-13(17)10-14(9-12)18(24)21-15-5-2-6-16(11-15)23-8-7-20-22-23;/h2,5-8,11-14,17H,1,3-4,9-10,19H2,(H,21,24);1H. The lowest BCUT2D eigenvalue weighted by Crippen LogP contribution is -2.48. The molecule has 2 bridgehead atoms. The second-order valence-electron chi connectivity index (χ2n) is 7.08. The molecule has 0 aliphatic heterocycles. The minimum atomic E-state index is 0. The predicted octanol–water partition coefficient (Wildman–Crippen LogP) is 2.78. The van der Waals surface area contributed by atoms with E-state index in [0.29, 0.717) is 17.9 Å². The van der Waals surface area contributed by atoms with Crippen LogP contribution < -0.4 is 11.1 Å².